The van der Waals surface area contributed by atoms with Gasteiger partial charge in [-0.3, -0.25) is 4.79 Å². The molecule has 1 atom stereocenters. The van der Waals surface area contributed by atoms with Gasteiger partial charge in [-0.1, -0.05) is 11.6 Å². The second-order valence-corrected chi connectivity index (χ2v) is 6.48. The molecule has 0 aliphatic carbocycles. The number of aromatic nitrogens is 3. The zero-order valence-electron chi connectivity index (χ0n) is 12.8. The number of aryl methyl sites for hydroxylation is 1. The van der Waals surface area contributed by atoms with Crippen molar-refractivity contribution in [2.75, 3.05) is 13.2 Å². The van der Waals surface area contributed by atoms with Gasteiger partial charge in [0.05, 0.1) is 12.5 Å². The van der Waals surface area contributed by atoms with Gasteiger partial charge in [-0.05, 0) is 37.1 Å². The Balaban J connectivity index is 1.50. The summed E-state index contributed by atoms with van der Waals surface area (Å²) in [6.45, 7) is 4.29. The summed E-state index contributed by atoms with van der Waals surface area (Å²) in [7, 11) is 0. The van der Waals surface area contributed by atoms with Crippen LogP contribution in [0.5, 0.6) is 5.75 Å². The van der Waals surface area contributed by atoms with Crippen molar-refractivity contribution in [2.24, 2.45) is 5.92 Å². The summed E-state index contributed by atoms with van der Waals surface area (Å²) in [5, 5.41) is 8.90. The van der Waals surface area contributed by atoms with Crippen molar-refractivity contribution < 1.29 is 9.53 Å². The Labute approximate surface area is 139 Å². The first-order valence-electron chi connectivity index (χ1n) is 7.70. The average Bonchev–Trinajstić information content (AvgIpc) is 2.94. The molecule has 2 aliphatic rings. The van der Waals surface area contributed by atoms with Crippen molar-refractivity contribution in [2.45, 2.75) is 26.4 Å². The van der Waals surface area contributed by atoms with Gasteiger partial charge < -0.3 is 14.2 Å². The van der Waals surface area contributed by atoms with Gasteiger partial charge >= 0.3 is 0 Å². The van der Waals surface area contributed by atoms with E-state index in [9.17, 15) is 4.79 Å². The third kappa shape index (κ3) is 2.57. The van der Waals surface area contributed by atoms with Gasteiger partial charge in [0.25, 0.3) is 0 Å². The average molecular weight is 333 g/mol. The fourth-order valence-corrected chi connectivity index (χ4v) is 3.47. The van der Waals surface area contributed by atoms with Gasteiger partial charge in [-0.25, -0.2) is 0 Å². The Kier molecular flexibility index (Phi) is 3.49. The predicted molar refractivity (Wildman–Crippen MR) is 84.3 cm³/mol. The number of carbonyl (C=O) groups is 1. The topological polar surface area (TPSA) is 60.2 Å². The molecule has 0 unspecified atom stereocenters. The van der Waals surface area contributed by atoms with E-state index in [2.05, 4.69) is 14.8 Å². The molecule has 4 rings (SSSR count). The molecule has 0 N–H and O–H groups in total. The fraction of sp³-hybridized carbons (Fsp3) is 0.438. The van der Waals surface area contributed by atoms with Gasteiger partial charge in [0.15, 0.2) is 5.82 Å². The Morgan fingerprint density at radius 2 is 2.22 bits per heavy atom. The lowest BCUT2D eigenvalue weighted by atomic mass is 9.95. The van der Waals surface area contributed by atoms with E-state index in [1.165, 1.54) is 0 Å². The summed E-state index contributed by atoms with van der Waals surface area (Å²) >= 11 is 6.04. The zero-order valence-corrected chi connectivity index (χ0v) is 13.6. The van der Waals surface area contributed by atoms with Gasteiger partial charge in [0, 0.05) is 18.1 Å². The molecule has 7 heteroatoms. The molecule has 0 saturated carbocycles. The van der Waals surface area contributed by atoms with Crippen LogP contribution < -0.4 is 4.74 Å². The molecule has 3 heterocycles. The highest BCUT2D eigenvalue weighted by atomic mass is 35.5. The van der Waals surface area contributed by atoms with E-state index in [1.807, 2.05) is 30.0 Å². The van der Waals surface area contributed by atoms with Gasteiger partial charge in [-0.2, -0.15) is 0 Å². The quantitative estimate of drug-likeness (QED) is 0.799. The molecule has 0 fully saturated rings. The highest BCUT2D eigenvalue weighted by molar-refractivity contribution is 6.30. The number of benzene rings is 1. The molecule has 0 radical (unpaired) electrons. The first kappa shape index (κ1) is 14.5. The molecular formula is C16H17ClN4O2. The predicted octanol–water partition coefficient (Wildman–Crippen LogP) is 1.83. The van der Waals surface area contributed by atoms with E-state index in [1.54, 1.807) is 0 Å². The highest BCUT2D eigenvalue weighted by Gasteiger charge is 2.32. The van der Waals surface area contributed by atoms with Crippen LogP contribution in [0.25, 0.3) is 0 Å². The van der Waals surface area contributed by atoms with Crippen molar-refractivity contribution >= 4 is 17.5 Å². The molecule has 0 bridgehead atoms. The molecule has 2 aliphatic heterocycles. The molecular weight excluding hydrogens is 316 g/mol. The van der Waals surface area contributed by atoms with Gasteiger partial charge in [-0.15, -0.1) is 10.2 Å². The second-order valence-electron chi connectivity index (χ2n) is 6.04. The molecule has 0 saturated heterocycles. The minimum atomic E-state index is -0.170. The maximum atomic E-state index is 12.8. The van der Waals surface area contributed by atoms with Crippen molar-refractivity contribution in [3.05, 3.63) is 40.4 Å². The third-order valence-corrected chi connectivity index (χ3v) is 4.76. The molecule has 23 heavy (non-hydrogen) atoms. The standard InChI is InChI=1S/C16H17ClN4O2/c1-10-18-19-15-8-20(4-5-21(10)15)16(22)12-6-11-7-13(17)2-3-14(11)23-9-12/h2-3,7,12H,4-6,8-9H2,1H3/t12-/m0/s1. The number of fused-ring (bicyclic) bond motifs is 2. The summed E-state index contributed by atoms with van der Waals surface area (Å²) in [6, 6.07) is 5.55. The molecule has 1 amide bonds. The maximum absolute atomic E-state index is 12.8. The SMILES string of the molecule is Cc1nnc2n1CCN(C(=O)[C@@H]1COc3ccc(Cl)cc3C1)C2. The van der Waals surface area contributed by atoms with Crippen LogP contribution in [0.15, 0.2) is 18.2 Å². The summed E-state index contributed by atoms with van der Waals surface area (Å²) in [6.07, 6.45) is 0.664. The van der Waals surface area contributed by atoms with E-state index >= 15 is 0 Å². The van der Waals surface area contributed by atoms with Crippen molar-refractivity contribution in [3.63, 3.8) is 0 Å². The number of halogens is 1. The maximum Gasteiger partial charge on any atom is 0.229 e. The number of rotatable bonds is 1. The smallest absolute Gasteiger partial charge is 0.229 e. The van der Waals surface area contributed by atoms with E-state index in [0.29, 0.717) is 31.1 Å². The number of carbonyl (C=O) groups excluding carboxylic acids is 1. The van der Waals surface area contributed by atoms with E-state index in [-0.39, 0.29) is 11.8 Å². The second kappa shape index (κ2) is 5.53. The van der Waals surface area contributed by atoms with Crippen LogP contribution in [0.4, 0.5) is 0 Å². The van der Waals surface area contributed by atoms with Crippen molar-refractivity contribution in [1.29, 1.82) is 0 Å². The van der Waals surface area contributed by atoms with Crippen LogP contribution >= 0.6 is 11.6 Å². The summed E-state index contributed by atoms with van der Waals surface area (Å²) in [4.78, 5) is 14.7. The van der Waals surface area contributed by atoms with Crippen LogP contribution in [-0.2, 0) is 24.3 Å². The number of amides is 1. The minimum Gasteiger partial charge on any atom is -0.492 e. The van der Waals surface area contributed by atoms with Crippen LogP contribution in [0.1, 0.15) is 17.2 Å². The fourth-order valence-electron chi connectivity index (χ4n) is 3.27. The van der Waals surface area contributed by atoms with Crippen LogP contribution in [0, 0.1) is 12.8 Å². The molecule has 0 spiro atoms. The number of hydrogen-bond donors (Lipinski definition) is 0. The molecule has 120 valence electrons. The zero-order chi connectivity index (χ0) is 16.0. The highest BCUT2D eigenvalue weighted by Crippen LogP contribution is 2.31. The molecule has 1 aromatic carbocycles. The van der Waals surface area contributed by atoms with Crippen molar-refractivity contribution in [3.8, 4) is 5.75 Å². The number of hydrogen-bond acceptors (Lipinski definition) is 4. The lowest BCUT2D eigenvalue weighted by Crippen LogP contribution is -2.44. The Bertz CT molecular complexity index is 773. The largest absolute Gasteiger partial charge is 0.492 e. The lowest BCUT2D eigenvalue weighted by Gasteiger charge is -2.32. The summed E-state index contributed by atoms with van der Waals surface area (Å²) < 4.78 is 7.80. The normalized spacial score (nSPS) is 19.7. The minimum absolute atomic E-state index is 0.113. The Hall–Kier alpha value is -2.08. The van der Waals surface area contributed by atoms with Gasteiger partial charge in [0.2, 0.25) is 5.91 Å². The monoisotopic (exact) mass is 332 g/mol. The van der Waals surface area contributed by atoms with Gasteiger partial charge in [0.1, 0.15) is 18.2 Å². The summed E-state index contributed by atoms with van der Waals surface area (Å²) in [5.41, 5.74) is 0.998. The van der Waals surface area contributed by atoms with Crippen LogP contribution in [-0.4, -0.2) is 38.7 Å². The number of nitrogens with zero attached hydrogens (tertiary/aromatic N) is 4. The lowest BCUT2D eigenvalue weighted by molar-refractivity contribution is -0.138. The molecule has 2 aromatic rings. The number of ether oxygens (including phenoxy) is 1. The van der Waals surface area contributed by atoms with E-state index < -0.39 is 0 Å². The Morgan fingerprint density at radius 3 is 3.09 bits per heavy atom. The van der Waals surface area contributed by atoms with Crippen molar-refractivity contribution in [1.82, 2.24) is 19.7 Å². The first-order chi connectivity index (χ1) is 11.1. The van der Waals surface area contributed by atoms with Crippen LogP contribution in [0.2, 0.25) is 5.02 Å². The molecule has 6 nitrogen and oxygen atoms in total. The third-order valence-electron chi connectivity index (χ3n) is 4.53. The Morgan fingerprint density at radius 1 is 1.35 bits per heavy atom. The van der Waals surface area contributed by atoms with E-state index in [4.69, 9.17) is 16.3 Å². The van der Waals surface area contributed by atoms with Crippen LogP contribution in [0.3, 0.4) is 0 Å². The first-order valence-corrected chi connectivity index (χ1v) is 8.08. The van der Waals surface area contributed by atoms with E-state index in [0.717, 1.165) is 29.5 Å². The molecule has 1 aromatic heterocycles. The summed E-state index contributed by atoms with van der Waals surface area (Å²) in [5.74, 6) is 2.52.